The molecule has 4 aromatic rings. The molecule has 0 saturated carbocycles. The predicted molar refractivity (Wildman–Crippen MR) is 86.5 cm³/mol. The molecule has 0 fully saturated rings. The minimum atomic E-state index is 1.01. The van der Waals surface area contributed by atoms with Crippen molar-refractivity contribution < 1.29 is 0 Å². The summed E-state index contributed by atoms with van der Waals surface area (Å²) >= 11 is 0. The first kappa shape index (κ1) is 11.9. The van der Waals surface area contributed by atoms with Crippen molar-refractivity contribution in [2.75, 3.05) is 0 Å². The molecule has 0 radical (unpaired) electrons. The first-order valence-electron chi connectivity index (χ1n) is 7.00. The molecule has 0 saturated heterocycles. The molecule has 0 atom stereocenters. The van der Waals surface area contributed by atoms with Crippen molar-refractivity contribution in [3.8, 4) is 16.8 Å². The molecular weight excluding hydrogens is 256 g/mol. The quantitative estimate of drug-likeness (QED) is 0.516. The summed E-state index contributed by atoms with van der Waals surface area (Å²) in [5.41, 5.74) is 5.70. The summed E-state index contributed by atoms with van der Waals surface area (Å²) < 4.78 is 2.13. The predicted octanol–water partition coefficient (Wildman–Crippen LogP) is 4.69. The fraction of sp³-hybridized carbons (Fsp3) is 0. The highest BCUT2D eigenvalue weighted by Crippen LogP contribution is 2.25. The van der Waals surface area contributed by atoms with Gasteiger partial charge in [0.05, 0.1) is 11.0 Å². The summed E-state index contributed by atoms with van der Waals surface area (Å²) in [5, 5.41) is 0. The molecular formula is C19H14N2. The summed E-state index contributed by atoms with van der Waals surface area (Å²) in [6, 6.07) is 27.1. The third kappa shape index (κ3) is 2.11. The van der Waals surface area contributed by atoms with Gasteiger partial charge in [-0.25, -0.2) is 4.98 Å². The Balaban J connectivity index is 1.91. The molecule has 21 heavy (non-hydrogen) atoms. The van der Waals surface area contributed by atoms with Crippen LogP contribution in [0.3, 0.4) is 0 Å². The van der Waals surface area contributed by atoms with Crippen molar-refractivity contribution in [2.45, 2.75) is 0 Å². The molecule has 0 aliphatic carbocycles. The molecule has 4 rings (SSSR count). The van der Waals surface area contributed by atoms with Crippen LogP contribution < -0.4 is 0 Å². The Hall–Kier alpha value is -2.87. The zero-order valence-electron chi connectivity index (χ0n) is 11.5. The molecule has 0 N–H and O–H groups in total. The van der Waals surface area contributed by atoms with Crippen LogP contribution in [0.4, 0.5) is 0 Å². The summed E-state index contributed by atoms with van der Waals surface area (Å²) in [4.78, 5) is 4.49. The van der Waals surface area contributed by atoms with Crippen molar-refractivity contribution in [3.05, 3.63) is 85.2 Å². The van der Waals surface area contributed by atoms with E-state index in [0.717, 1.165) is 16.7 Å². The van der Waals surface area contributed by atoms with Crippen LogP contribution in [0.1, 0.15) is 0 Å². The Morgan fingerprint density at radius 2 is 1.38 bits per heavy atom. The van der Waals surface area contributed by atoms with E-state index in [1.807, 2.05) is 30.6 Å². The Kier molecular flexibility index (Phi) is 2.79. The molecule has 0 amide bonds. The van der Waals surface area contributed by atoms with Crippen LogP contribution in [0, 0.1) is 0 Å². The highest BCUT2D eigenvalue weighted by molar-refractivity contribution is 5.83. The van der Waals surface area contributed by atoms with Gasteiger partial charge in [0, 0.05) is 5.69 Å². The van der Waals surface area contributed by atoms with E-state index in [9.17, 15) is 0 Å². The van der Waals surface area contributed by atoms with Crippen LogP contribution in [-0.4, -0.2) is 9.55 Å². The van der Waals surface area contributed by atoms with Crippen molar-refractivity contribution in [2.24, 2.45) is 0 Å². The van der Waals surface area contributed by atoms with Gasteiger partial charge < -0.3 is 0 Å². The number of imidazole rings is 1. The Morgan fingerprint density at radius 3 is 2.14 bits per heavy atom. The smallest absolute Gasteiger partial charge is 0.100 e. The first-order chi connectivity index (χ1) is 10.4. The van der Waals surface area contributed by atoms with Gasteiger partial charge in [-0.2, -0.15) is 0 Å². The summed E-state index contributed by atoms with van der Waals surface area (Å²) in [7, 11) is 0. The SMILES string of the molecule is c1ccc(-c2ccc3ncn(-c4ccccc4)c3c2)cc1. The second kappa shape index (κ2) is 4.91. The minimum absolute atomic E-state index is 1.01. The van der Waals surface area contributed by atoms with E-state index < -0.39 is 0 Å². The summed E-state index contributed by atoms with van der Waals surface area (Å²) in [6.07, 6.45) is 1.88. The molecule has 100 valence electrons. The molecule has 0 bridgehead atoms. The van der Waals surface area contributed by atoms with Crippen LogP contribution in [0.5, 0.6) is 0 Å². The maximum Gasteiger partial charge on any atom is 0.100 e. The van der Waals surface area contributed by atoms with Gasteiger partial charge in [0.2, 0.25) is 0 Å². The average Bonchev–Trinajstić information content (AvgIpc) is 2.99. The standard InChI is InChI=1S/C19H14N2/c1-3-7-15(8-4-1)16-11-12-18-19(13-16)21(14-20-18)17-9-5-2-6-10-17/h1-14H. The second-order valence-corrected chi connectivity index (χ2v) is 5.02. The van der Waals surface area contributed by atoms with Gasteiger partial charge in [-0.1, -0.05) is 54.6 Å². The topological polar surface area (TPSA) is 17.8 Å². The Morgan fingerprint density at radius 1 is 0.667 bits per heavy atom. The number of nitrogens with zero attached hydrogens (tertiary/aromatic N) is 2. The lowest BCUT2D eigenvalue weighted by molar-refractivity contribution is 1.09. The molecule has 0 aliphatic heterocycles. The minimum Gasteiger partial charge on any atom is -0.299 e. The molecule has 1 heterocycles. The van der Waals surface area contributed by atoms with E-state index in [0.29, 0.717) is 0 Å². The summed E-state index contributed by atoms with van der Waals surface area (Å²) in [5.74, 6) is 0. The fourth-order valence-corrected chi connectivity index (χ4v) is 2.61. The number of benzene rings is 3. The zero-order chi connectivity index (χ0) is 14.1. The van der Waals surface area contributed by atoms with Gasteiger partial charge in [0.25, 0.3) is 0 Å². The van der Waals surface area contributed by atoms with Crippen LogP contribution in [0.2, 0.25) is 0 Å². The van der Waals surface area contributed by atoms with Crippen LogP contribution in [0.25, 0.3) is 27.8 Å². The van der Waals surface area contributed by atoms with E-state index in [4.69, 9.17) is 0 Å². The van der Waals surface area contributed by atoms with Gasteiger partial charge in [0.15, 0.2) is 0 Å². The Bertz CT molecular complexity index is 877. The van der Waals surface area contributed by atoms with Crippen molar-refractivity contribution in [1.29, 1.82) is 0 Å². The maximum atomic E-state index is 4.49. The molecule has 0 spiro atoms. The van der Waals surface area contributed by atoms with Gasteiger partial charge in [-0.05, 0) is 35.4 Å². The van der Waals surface area contributed by atoms with Crippen molar-refractivity contribution in [3.63, 3.8) is 0 Å². The normalized spacial score (nSPS) is 10.9. The van der Waals surface area contributed by atoms with Crippen molar-refractivity contribution in [1.82, 2.24) is 9.55 Å². The van der Waals surface area contributed by atoms with E-state index in [-0.39, 0.29) is 0 Å². The zero-order valence-corrected chi connectivity index (χ0v) is 11.5. The van der Waals surface area contributed by atoms with Crippen LogP contribution in [-0.2, 0) is 0 Å². The second-order valence-electron chi connectivity index (χ2n) is 5.02. The lowest BCUT2D eigenvalue weighted by Crippen LogP contribution is -1.91. The highest BCUT2D eigenvalue weighted by Gasteiger charge is 2.06. The third-order valence-corrected chi connectivity index (χ3v) is 3.69. The number of hydrogen-bond donors (Lipinski definition) is 0. The van der Waals surface area contributed by atoms with Gasteiger partial charge in [-0.3, -0.25) is 4.57 Å². The van der Waals surface area contributed by atoms with E-state index in [1.54, 1.807) is 0 Å². The number of hydrogen-bond acceptors (Lipinski definition) is 1. The molecule has 2 nitrogen and oxygen atoms in total. The maximum absolute atomic E-state index is 4.49. The number of para-hydroxylation sites is 1. The van der Waals surface area contributed by atoms with E-state index in [1.165, 1.54) is 11.1 Å². The van der Waals surface area contributed by atoms with E-state index in [2.05, 4.69) is 64.1 Å². The summed E-state index contributed by atoms with van der Waals surface area (Å²) in [6.45, 7) is 0. The third-order valence-electron chi connectivity index (χ3n) is 3.69. The van der Waals surface area contributed by atoms with E-state index >= 15 is 0 Å². The Labute approximate surface area is 123 Å². The van der Waals surface area contributed by atoms with Crippen molar-refractivity contribution >= 4 is 11.0 Å². The van der Waals surface area contributed by atoms with Gasteiger partial charge in [-0.15, -0.1) is 0 Å². The van der Waals surface area contributed by atoms with Crippen LogP contribution >= 0.6 is 0 Å². The molecule has 0 unspecified atom stereocenters. The highest BCUT2D eigenvalue weighted by atomic mass is 15.0. The van der Waals surface area contributed by atoms with Crippen LogP contribution in [0.15, 0.2) is 85.2 Å². The number of aromatic nitrogens is 2. The number of fused-ring (bicyclic) bond motifs is 1. The lowest BCUT2D eigenvalue weighted by atomic mass is 10.1. The lowest BCUT2D eigenvalue weighted by Gasteiger charge is -2.06. The molecule has 3 aromatic carbocycles. The molecule has 2 heteroatoms. The molecule has 0 aliphatic rings. The fourth-order valence-electron chi connectivity index (χ4n) is 2.61. The monoisotopic (exact) mass is 270 g/mol. The average molecular weight is 270 g/mol. The van der Waals surface area contributed by atoms with Gasteiger partial charge >= 0.3 is 0 Å². The number of rotatable bonds is 2. The first-order valence-corrected chi connectivity index (χ1v) is 7.00. The largest absolute Gasteiger partial charge is 0.299 e. The van der Waals surface area contributed by atoms with Gasteiger partial charge in [0.1, 0.15) is 6.33 Å². The molecule has 1 aromatic heterocycles.